The number of rotatable bonds is 1. The van der Waals surface area contributed by atoms with Crippen LogP contribution in [0.1, 0.15) is 42.5 Å². The molecule has 26 heavy (non-hydrogen) atoms. The summed E-state index contributed by atoms with van der Waals surface area (Å²) in [4.78, 5) is 22.5. The van der Waals surface area contributed by atoms with Crippen molar-refractivity contribution in [1.82, 2.24) is 15.3 Å². The lowest BCUT2D eigenvalue weighted by atomic mass is 9.75. The molecule has 1 aliphatic carbocycles. The molecule has 2 N–H and O–H groups in total. The largest absolute Gasteiger partial charge is 0.317 e. The zero-order valence-corrected chi connectivity index (χ0v) is 14.8. The number of nitrogens with one attached hydrogen (secondary N) is 2. The van der Waals surface area contributed by atoms with Crippen LogP contribution in [0.2, 0.25) is 0 Å². The van der Waals surface area contributed by atoms with Gasteiger partial charge in [0.05, 0.1) is 5.69 Å². The third kappa shape index (κ3) is 2.39. The molecule has 5 rings (SSSR count). The molecule has 1 fully saturated rings. The van der Waals surface area contributed by atoms with E-state index < -0.39 is 0 Å². The Balaban J connectivity index is 1.63. The number of aromatic amines is 1. The van der Waals surface area contributed by atoms with Gasteiger partial charge in [-0.3, -0.25) is 9.78 Å². The molecular weight excluding hydrogens is 331 g/mol. The normalized spacial score (nSPS) is 20.9. The second kappa shape index (κ2) is 5.91. The Bertz CT molecular complexity index is 917. The van der Waals surface area contributed by atoms with Crippen molar-refractivity contribution in [2.75, 3.05) is 24.5 Å². The van der Waals surface area contributed by atoms with E-state index in [2.05, 4.69) is 15.2 Å². The van der Waals surface area contributed by atoms with E-state index in [1.54, 1.807) is 6.07 Å². The van der Waals surface area contributed by atoms with Gasteiger partial charge in [0, 0.05) is 23.2 Å². The first-order valence-corrected chi connectivity index (χ1v) is 9.57. The molecule has 3 heterocycles. The van der Waals surface area contributed by atoms with Crippen molar-refractivity contribution < 1.29 is 4.39 Å². The maximum atomic E-state index is 14.0. The molecule has 2 aliphatic heterocycles. The van der Waals surface area contributed by atoms with E-state index in [1.165, 1.54) is 6.07 Å². The van der Waals surface area contributed by atoms with Gasteiger partial charge in [0.2, 0.25) is 5.95 Å². The Hall–Kier alpha value is -2.21. The third-order valence-electron chi connectivity index (χ3n) is 6.28. The van der Waals surface area contributed by atoms with Gasteiger partial charge < -0.3 is 10.2 Å². The fourth-order valence-corrected chi connectivity index (χ4v) is 4.88. The van der Waals surface area contributed by atoms with Crippen LogP contribution in [0.15, 0.2) is 23.0 Å². The molecule has 1 aromatic heterocycles. The van der Waals surface area contributed by atoms with Crippen LogP contribution in [-0.4, -0.2) is 29.6 Å². The molecule has 0 radical (unpaired) electrons. The smallest absolute Gasteiger partial charge is 0.255 e. The van der Waals surface area contributed by atoms with Gasteiger partial charge in [0.25, 0.3) is 5.56 Å². The number of H-pyrrole nitrogens is 1. The first-order chi connectivity index (χ1) is 12.7. The molecule has 136 valence electrons. The van der Waals surface area contributed by atoms with Crippen LogP contribution in [0.5, 0.6) is 0 Å². The van der Waals surface area contributed by atoms with Crippen molar-refractivity contribution >= 4 is 11.6 Å². The molecule has 1 saturated heterocycles. The molecule has 0 amide bonds. The SMILES string of the molecule is O=c1[nH]c(N2CC3(CCNCC3)c3cc(F)ccc32)nc2c1CCCC2. The van der Waals surface area contributed by atoms with E-state index in [-0.39, 0.29) is 16.8 Å². The number of aryl methyl sites for hydroxylation is 1. The highest BCUT2D eigenvalue weighted by Crippen LogP contribution is 2.48. The first kappa shape index (κ1) is 16.0. The number of hydrogen-bond acceptors (Lipinski definition) is 4. The zero-order chi connectivity index (χ0) is 17.7. The summed E-state index contributed by atoms with van der Waals surface area (Å²) in [5.74, 6) is 0.411. The van der Waals surface area contributed by atoms with E-state index >= 15 is 0 Å². The molecule has 3 aliphatic rings. The minimum atomic E-state index is -0.199. The van der Waals surface area contributed by atoms with Crippen LogP contribution in [0.3, 0.4) is 0 Å². The standard InChI is InChI=1S/C20H23FN4O/c21-13-5-6-17-15(11-13)20(7-9-22-10-8-20)12-25(17)19-23-16-4-2-1-3-14(16)18(26)24-19/h5-6,11,22H,1-4,7-10,12H2,(H,23,24,26). The second-order valence-electron chi connectivity index (χ2n) is 7.80. The lowest BCUT2D eigenvalue weighted by Crippen LogP contribution is -2.42. The predicted molar refractivity (Wildman–Crippen MR) is 98.7 cm³/mol. The summed E-state index contributed by atoms with van der Waals surface area (Å²) in [6.45, 7) is 2.60. The number of benzene rings is 1. The monoisotopic (exact) mass is 354 g/mol. The van der Waals surface area contributed by atoms with Crippen LogP contribution < -0.4 is 15.8 Å². The van der Waals surface area contributed by atoms with Gasteiger partial charge in [-0.05, 0) is 75.4 Å². The number of anilines is 2. The van der Waals surface area contributed by atoms with Crippen molar-refractivity contribution in [2.45, 2.75) is 43.9 Å². The van der Waals surface area contributed by atoms with Crippen molar-refractivity contribution in [2.24, 2.45) is 0 Å². The molecule has 0 atom stereocenters. The lowest BCUT2D eigenvalue weighted by Gasteiger charge is -2.34. The van der Waals surface area contributed by atoms with Gasteiger partial charge in [-0.25, -0.2) is 9.37 Å². The fraction of sp³-hybridized carbons (Fsp3) is 0.500. The van der Waals surface area contributed by atoms with Crippen LogP contribution >= 0.6 is 0 Å². The summed E-state index contributed by atoms with van der Waals surface area (Å²) in [7, 11) is 0. The maximum Gasteiger partial charge on any atom is 0.255 e. The topological polar surface area (TPSA) is 61.0 Å². The average molecular weight is 354 g/mol. The molecular formula is C20H23FN4O. The van der Waals surface area contributed by atoms with Crippen molar-refractivity contribution in [3.63, 3.8) is 0 Å². The highest BCUT2D eigenvalue weighted by Gasteiger charge is 2.44. The van der Waals surface area contributed by atoms with Crippen LogP contribution in [0, 0.1) is 5.82 Å². The van der Waals surface area contributed by atoms with E-state index in [9.17, 15) is 9.18 Å². The zero-order valence-electron chi connectivity index (χ0n) is 14.8. The second-order valence-corrected chi connectivity index (χ2v) is 7.80. The average Bonchev–Trinajstić information content (AvgIpc) is 2.96. The highest BCUT2D eigenvalue weighted by molar-refractivity contribution is 5.69. The summed E-state index contributed by atoms with van der Waals surface area (Å²) >= 11 is 0. The third-order valence-corrected chi connectivity index (χ3v) is 6.28. The molecule has 0 bridgehead atoms. The Morgan fingerprint density at radius 2 is 1.96 bits per heavy atom. The minimum absolute atomic E-state index is 0.0142. The summed E-state index contributed by atoms with van der Waals surface area (Å²) in [5.41, 5.74) is 3.73. The quantitative estimate of drug-likeness (QED) is 0.826. The van der Waals surface area contributed by atoms with Gasteiger partial charge in [-0.1, -0.05) is 0 Å². The van der Waals surface area contributed by atoms with E-state index in [0.29, 0.717) is 5.95 Å². The summed E-state index contributed by atoms with van der Waals surface area (Å²) in [6.07, 6.45) is 5.75. The Kier molecular flexibility index (Phi) is 3.64. The number of aromatic nitrogens is 2. The molecule has 6 heteroatoms. The Labute approximate surface area is 151 Å². The molecule has 1 spiro atoms. The number of halogens is 1. The van der Waals surface area contributed by atoms with E-state index in [4.69, 9.17) is 4.98 Å². The van der Waals surface area contributed by atoms with E-state index in [0.717, 1.165) is 80.7 Å². The van der Waals surface area contributed by atoms with Crippen LogP contribution in [-0.2, 0) is 18.3 Å². The van der Waals surface area contributed by atoms with Gasteiger partial charge in [0.1, 0.15) is 5.82 Å². The molecule has 2 aromatic rings. The van der Waals surface area contributed by atoms with Crippen molar-refractivity contribution in [3.8, 4) is 0 Å². The molecule has 5 nitrogen and oxygen atoms in total. The lowest BCUT2D eigenvalue weighted by molar-refractivity contribution is 0.328. The fourth-order valence-electron chi connectivity index (χ4n) is 4.88. The van der Waals surface area contributed by atoms with Crippen molar-refractivity contribution in [3.05, 3.63) is 51.2 Å². The van der Waals surface area contributed by atoms with Crippen molar-refractivity contribution in [1.29, 1.82) is 0 Å². The van der Waals surface area contributed by atoms with Crippen LogP contribution in [0.4, 0.5) is 16.0 Å². The van der Waals surface area contributed by atoms with Gasteiger partial charge in [-0.2, -0.15) is 0 Å². The first-order valence-electron chi connectivity index (χ1n) is 9.57. The summed E-state index contributed by atoms with van der Waals surface area (Å²) in [5, 5.41) is 3.40. The Morgan fingerprint density at radius 3 is 2.81 bits per heavy atom. The van der Waals surface area contributed by atoms with E-state index in [1.807, 2.05) is 6.07 Å². The van der Waals surface area contributed by atoms with Gasteiger partial charge >= 0.3 is 0 Å². The summed E-state index contributed by atoms with van der Waals surface area (Å²) < 4.78 is 14.0. The highest BCUT2D eigenvalue weighted by atomic mass is 19.1. The van der Waals surface area contributed by atoms with Gasteiger partial charge in [-0.15, -0.1) is 0 Å². The number of fused-ring (bicyclic) bond motifs is 3. The molecule has 0 unspecified atom stereocenters. The number of piperidine rings is 1. The number of hydrogen-bond donors (Lipinski definition) is 2. The molecule has 0 saturated carbocycles. The molecule has 1 aromatic carbocycles. The predicted octanol–water partition coefficient (Wildman–Crippen LogP) is 2.56. The van der Waals surface area contributed by atoms with Crippen LogP contribution in [0.25, 0.3) is 0 Å². The minimum Gasteiger partial charge on any atom is -0.317 e. The Morgan fingerprint density at radius 1 is 1.15 bits per heavy atom. The number of nitrogens with zero attached hydrogens (tertiary/aromatic N) is 2. The van der Waals surface area contributed by atoms with Gasteiger partial charge in [0.15, 0.2) is 0 Å². The maximum absolute atomic E-state index is 14.0. The summed E-state index contributed by atoms with van der Waals surface area (Å²) in [6, 6.07) is 5.01.